The molecule has 1 heterocycles. The van der Waals surface area contributed by atoms with Gasteiger partial charge in [0, 0.05) is 0 Å². The van der Waals surface area contributed by atoms with Gasteiger partial charge in [0.15, 0.2) is 6.10 Å². The van der Waals surface area contributed by atoms with Crippen molar-refractivity contribution in [2.75, 3.05) is 13.2 Å². The zero-order valence-electron chi connectivity index (χ0n) is 9.81. The molecule has 1 N–H and O–H groups in total. The van der Waals surface area contributed by atoms with Crippen LogP contribution in [0.3, 0.4) is 0 Å². The average molecular weight is 236 g/mol. The van der Waals surface area contributed by atoms with Crippen molar-refractivity contribution in [1.29, 1.82) is 0 Å². The van der Waals surface area contributed by atoms with E-state index in [0.717, 1.165) is 30.8 Å². The van der Waals surface area contributed by atoms with Gasteiger partial charge in [0.1, 0.15) is 5.75 Å². The number of esters is 1. The highest BCUT2D eigenvalue weighted by molar-refractivity contribution is 5.76. The molecule has 1 aromatic rings. The van der Waals surface area contributed by atoms with Crippen LogP contribution in [0, 0.1) is 0 Å². The van der Waals surface area contributed by atoms with E-state index >= 15 is 0 Å². The van der Waals surface area contributed by atoms with E-state index in [1.807, 2.05) is 6.07 Å². The number of carbonyl (C=O) groups excluding carboxylic acids is 1. The Kier molecular flexibility index (Phi) is 3.64. The first-order valence-corrected chi connectivity index (χ1v) is 5.82. The van der Waals surface area contributed by atoms with Crippen LogP contribution in [0.4, 0.5) is 0 Å². The van der Waals surface area contributed by atoms with Crippen LogP contribution in [-0.4, -0.2) is 24.3 Å². The molecule has 2 rings (SSSR count). The molecule has 17 heavy (non-hydrogen) atoms. The van der Waals surface area contributed by atoms with E-state index in [2.05, 4.69) is 0 Å². The summed E-state index contributed by atoms with van der Waals surface area (Å²) in [6.45, 7) is 2.71. The number of hydrogen-bond acceptors (Lipinski definition) is 4. The predicted octanol–water partition coefficient (Wildman–Crippen LogP) is 1.61. The number of benzene rings is 1. The SMILES string of the molecule is CCOC(=O)C(O)c1ccc2c(c1)CCCO2. The Morgan fingerprint density at radius 2 is 2.41 bits per heavy atom. The summed E-state index contributed by atoms with van der Waals surface area (Å²) in [4.78, 5) is 11.4. The van der Waals surface area contributed by atoms with Crippen LogP contribution in [-0.2, 0) is 16.0 Å². The molecule has 0 spiro atoms. The number of carbonyl (C=O) groups is 1. The molecule has 0 aromatic heterocycles. The van der Waals surface area contributed by atoms with Crippen LogP contribution in [0.5, 0.6) is 5.75 Å². The highest BCUT2D eigenvalue weighted by Gasteiger charge is 2.20. The fraction of sp³-hybridized carbons (Fsp3) is 0.462. The molecule has 0 amide bonds. The van der Waals surface area contributed by atoms with Crippen LogP contribution in [0.15, 0.2) is 18.2 Å². The van der Waals surface area contributed by atoms with Gasteiger partial charge in [-0.3, -0.25) is 0 Å². The lowest BCUT2D eigenvalue weighted by atomic mass is 10.0. The maximum atomic E-state index is 11.4. The van der Waals surface area contributed by atoms with Gasteiger partial charge in [-0.05, 0) is 43.0 Å². The number of hydrogen-bond donors (Lipinski definition) is 1. The van der Waals surface area contributed by atoms with E-state index in [0.29, 0.717) is 5.56 Å². The van der Waals surface area contributed by atoms with E-state index < -0.39 is 12.1 Å². The summed E-state index contributed by atoms with van der Waals surface area (Å²) >= 11 is 0. The lowest BCUT2D eigenvalue weighted by Gasteiger charge is -2.19. The van der Waals surface area contributed by atoms with Gasteiger partial charge < -0.3 is 14.6 Å². The van der Waals surface area contributed by atoms with Gasteiger partial charge in [-0.1, -0.05) is 6.07 Å². The van der Waals surface area contributed by atoms with Crippen molar-refractivity contribution in [2.24, 2.45) is 0 Å². The van der Waals surface area contributed by atoms with Gasteiger partial charge in [0.2, 0.25) is 0 Å². The van der Waals surface area contributed by atoms with E-state index in [9.17, 15) is 9.90 Å². The molecule has 1 aliphatic rings. The standard InChI is InChI=1S/C13H16O4/c1-2-16-13(15)12(14)10-5-6-11-9(8-10)4-3-7-17-11/h5-6,8,12,14H,2-4,7H2,1H3. The second-order valence-corrected chi connectivity index (χ2v) is 3.97. The Labute approximate surface area is 100 Å². The second-order valence-electron chi connectivity index (χ2n) is 3.97. The summed E-state index contributed by atoms with van der Waals surface area (Å²) in [5, 5.41) is 9.81. The van der Waals surface area contributed by atoms with Crippen LogP contribution < -0.4 is 4.74 Å². The first kappa shape index (κ1) is 11.9. The molecule has 0 bridgehead atoms. The molecule has 92 valence electrons. The van der Waals surface area contributed by atoms with Crippen LogP contribution in [0.1, 0.15) is 30.6 Å². The first-order valence-electron chi connectivity index (χ1n) is 5.82. The molecular weight excluding hydrogens is 220 g/mol. The van der Waals surface area contributed by atoms with Crippen molar-refractivity contribution in [3.63, 3.8) is 0 Å². The lowest BCUT2D eigenvalue weighted by Crippen LogP contribution is -2.16. The van der Waals surface area contributed by atoms with E-state index in [1.54, 1.807) is 19.1 Å². The topological polar surface area (TPSA) is 55.8 Å². The van der Waals surface area contributed by atoms with Crippen molar-refractivity contribution in [1.82, 2.24) is 0 Å². The number of ether oxygens (including phenoxy) is 2. The molecule has 0 saturated carbocycles. The van der Waals surface area contributed by atoms with E-state index in [4.69, 9.17) is 9.47 Å². The van der Waals surface area contributed by atoms with Crippen LogP contribution in [0.25, 0.3) is 0 Å². The van der Waals surface area contributed by atoms with Crippen molar-refractivity contribution < 1.29 is 19.4 Å². The molecule has 0 aliphatic carbocycles. The summed E-state index contributed by atoms with van der Waals surface area (Å²) in [5.74, 6) is 0.236. The number of fused-ring (bicyclic) bond motifs is 1. The molecule has 0 fully saturated rings. The van der Waals surface area contributed by atoms with Gasteiger partial charge in [-0.25, -0.2) is 4.79 Å². The first-order chi connectivity index (χ1) is 8.22. The summed E-state index contributed by atoms with van der Waals surface area (Å²) < 4.78 is 10.3. The third-order valence-corrected chi connectivity index (χ3v) is 2.76. The highest BCUT2D eigenvalue weighted by atomic mass is 16.5. The number of aryl methyl sites for hydroxylation is 1. The smallest absolute Gasteiger partial charge is 0.339 e. The zero-order valence-corrected chi connectivity index (χ0v) is 9.81. The van der Waals surface area contributed by atoms with Gasteiger partial charge in [-0.2, -0.15) is 0 Å². The summed E-state index contributed by atoms with van der Waals surface area (Å²) in [6.07, 6.45) is 0.673. The molecule has 0 saturated heterocycles. The van der Waals surface area contributed by atoms with Gasteiger partial charge >= 0.3 is 5.97 Å². The third-order valence-electron chi connectivity index (χ3n) is 2.76. The Balaban J connectivity index is 2.18. The lowest BCUT2D eigenvalue weighted by molar-refractivity contribution is -0.153. The molecule has 1 atom stereocenters. The Bertz CT molecular complexity index is 414. The Morgan fingerprint density at radius 3 is 3.18 bits per heavy atom. The highest BCUT2D eigenvalue weighted by Crippen LogP contribution is 2.28. The van der Waals surface area contributed by atoms with Gasteiger partial charge in [-0.15, -0.1) is 0 Å². The summed E-state index contributed by atoms with van der Waals surface area (Å²) in [7, 11) is 0. The molecule has 1 aliphatic heterocycles. The fourth-order valence-electron chi connectivity index (χ4n) is 1.91. The van der Waals surface area contributed by atoms with Gasteiger partial charge in [0.25, 0.3) is 0 Å². The van der Waals surface area contributed by atoms with Crippen LogP contribution >= 0.6 is 0 Å². The summed E-state index contributed by atoms with van der Waals surface area (Å²) in [5.41, 5.74) is 1.60. The maximum Gasteiger partial charge on any atom is 0.339 e. The minimum absolute atomic E-state index is 0.268. The fourth-order valence-corrected chi connectivity index (χ4v) is 1.91. The molecular formula is C13H16O4. The minimum Gasteiger partial charge on any atom is -0.493 e. The largest absolute Gasteiger partial charge is 0.493 e. The number of aliphatic hydroxyl groups is 1. The molecule has 1 aromatic carbocycles. The normalized spacial score (nSPS) is 15.6. The summed E-state index contributed by atoms with van der Waals surface area (Å²) in [6, 6.07) is 5.31. The van der Waals surface area contributed by atoms with Crippen molar-refractivity contribution in [3.8, 4) is 5.75 Å². The monoisotopic (exact) mass is 236 g/mol. The maximum absolute atomic E-state index is 11.4. The molecule has 0 radical (unpaired) electrons. The Morgan fingerprint density at radius 1 is 1.59 bits per heavy atom. The van der Waals surface area contributed by atoms with Crippen LogP contribution in [0.2, 0.25) is 0 Å². The Hall–Kier alpha value is -1.55. The molecule has 4 heteroatoms. The quantitative estimate of drug-likeness (QED) is 0.810. The van der Waals surface area contributed by atoms with Crippen molar-refractivity contribution in [3.05, 3.63) is 29.3 Å². The van der Waals surface area contributed by atoms with Crippen molar-refractivity contribution >= 4 is 5.97 Å². The molecule has 1 unspecified atom stereocenters. The number of rotatable bonds is 3. The minimum atomic E-state index is -1.21. The van der Waals surface area contributed by atoms with E-state index in [-0.39, 0.29) is 6.61 Å². The van der Waals surface area contributed by atoms with Gasteiger partial charge in [0.05, 0.1) is 13.2 Å². The second kappa shape index (κ2) is 5.19. The van der Waals surface area contributed by atoms with E-state index in [1.165, 1.54) is 0 Å². The predicted molar refractivity (Wildman–Crippen MR) is 61.9 cm³/mol. The number of aliphatic hydroxyl groups excluding tert-OH is 1. The molecule has 4 nitrogen and oxygen atoms in total. The zero-order chi connectivity index (χ0) is 12.3. The average Bonchev–Trinajstić information content (AvgIpc) is 2.37. The third kappa shape index (κ3) is 2.58. The van der Waals surface area contributed by atoms with Crippen molar-refractivity contribution in [2.45, 2.75) is 25.9 Å².